The normalized spacial score (nSPS) is 11.3. The molecule has 20 heavy (non-hydrogen) atoms. The Kier molecular flexibility index (Phi) is 7.60. The zero-order chi connectivity index (χ0) is 15.0. The fraction of sp³-hybridized carbons (Fsp3) is 0.706. The molecule has 3 heteroatoms. The van der Waals surface area contributed by atoms with Crippen LogP contribution >= 0.6 is 0 Å². The zero-order valence-corrected chi connectivity index (χ0v) is 13.8. The Hall–Kier alpha value is -1.09. The van der Waals surface area contributed by atoms with E-state index in [1.807, 2.05) is 12.3 Å². The maximum atomic E-state index is 4.69. The molecular weight excluding hydrogens is 246 g/mol. The maximum Gasteiger partial charge on any atom is 0.133 e. The lowest BCUT2D eigenvalue weighted by atomic mass is 10.1. The molecule has 1 rings (SSSR count). The molecule has 0 saturated heterocycles. The van der Waals surface area contributed by atoms with E-state index in [9.17, 15) is 0 Å². The van der Waals surface area contributed by atoms with E-state index in [0.29, 0.717) is 12.0 Å². The maximum absolute atomic E-state index is 4.69. The van der Waals surface area contributed by atoms with Gasteiger partial charge in [0.25, 0.3) is 0 Å². The van der Waals surface area contributed by atoms with Crippen molar-refractivity contribution in [1.82, 2.24) is 10.3 Å². The van der Waals surface area contributed by atoms with E-state index in [-0.39, 0.29) is 0 Å². The molecule has 1 heterocycles. The Balaban J connectivity index is 3.05. The molecule has 0 fully saturated rings. The highest BCUT2D eigenvalue weighted by Gasteiger charge is 2.20. The highest BCUT2D eigenvalue weighted by molar-refractivity contribution is 5.47. The van der Waals surface area contributed by atoms with Gasteiger partial charge in [0.2, 0.25) is 0 Å². The lowest BCUT2D eigenvalue weighted by molar-refractivity contribution is 0.501. The predicted octanol–water partition coefficient (Wildman–Crippen LogP) is 3.84. The predicted molar refractivity (Wildman–Crippen MR) is 88.2 cm³/mol. The van der Waals surface area contributed by atoms with Gasteiger partial charge in [-0.05, 0) is 31.4 Å². The topological polar surface area (TPSA) is 28.2 Å². The van der Waals surface area contributed by atoms with Crippen LogP contribution < -0.4 is 10.2 Å². The smallest absolute Gasteiger partial charge is 0.133 e. The number of nitrogens with zero attached hydrogens (tertiary/aromatic N) is 2. The second kappa shape index (κ2) is 8.96. The van der Waals surface area contributed by atoms with E-state index in [2.05, 4.69) is 55.9 Å². The van der Waals surface area contributed by atoms with E-state index in [0.717, 1.165) is 25.5 Å². The zero-order valence-electron chi connectivity index (χ0n) is 13.8. The summed E-state index contributed by atoms with van der Waals surface area (Å²) in [5, 5.41) is 3.42. The summed E-state index contributed by atoms with van der Waals surface area (Å²) in [6, 6.07) is 4.81. The van der Waals surface area contributed by atoms with Crippen molar-refractivity contribution in [2.75, 3.05) is 18.0 Å². The summed E-state index contributed by atoms with van der Waals surface area (Å²) in [4.78, 5) is 7.20. The van der Waals surface area contributed by atoms with Gasteiger partial charge < -0.3 is 10.2 Å². The summed E-state index contributed by atoms with van der Waals surface area (Å²) in [7, 11) is 0. The third kappa shape index (κ3) is 4.78. The summed E-state index contributed by atoms with van der Waals surface area (Å²) >= 11 is 0. The highest BCUT2D eigenvalue weighted by Crippen LogP contribution is 2.23. The summed E-state index contributed by atoms with van der Waals surface area (Å²) in [6.07, 6.45) is 4.25. The second-order valence-electron chi connectivity index (χ2n) is 5.78. The number of nitrogens with one attached hydrogen (secondary N) is 1. The van der Waals surface area contributed by atoms with Crippen LogP contribution in [0.2, 0.25) is 0 Å². The fourth-order valence-corrected chi connectivity index (χ4v) is 2.62. The SMILES string of the molecule is CCNCc1cccnc1N(CC(C)C)C(CC)CC. The van der Waals surface area contributed by atoms with Crippen molar-refractivity contribution in [2.24, 2.45) is 5.92 Å². The van der Waals surface area contributed by atoms with Crippen LogP contribution in [0.25, 0.3) is 0 Å². The van der Waals surface area contributed by atoms with Crippen molar-refractivity contribution in [1.29, 1.82) is 0 Å². The third-order valence-electron chi connectivity index (χ3n) is 3.65. The Morgan fingerprint density at radius 1 is 1.20 bits per heavy atom. The van der Waals surface area contributed by atoms with E-state index in [4.69, 9.17) is 0 Å². The Labute approximate surface area is 124 Å². The Bertz CT molecular complexity index is 372. The number of rotatable bonds is 9. The molecular formula is C17H31N3. The van der Waals surface area contributed by atoms with Gasteiger partial charge in [0.1, 0.15) is 5.82 Å². The second-order valence-corrected chi connectivity index (χ2v) is 5.78. The van der Waals surface area contributed by atoms with Crippen molar-refractivity contribution in [3.05, 3.63) is 23.9 Å². The van der Waals surface area contributed by atoms with Crippen LogP contribution in [-0.4, -0.2) is 24.1 Å². The minimum Gasteiger partial charge on any atom is -0.353 e. The van der Waals surface area contributed by atoms with Crippen LogP contribution in [0.5, 0.6) is 0 Å². The molecule has 1 aromatic heterocycles. The molecule has 1 N–H and O–H groups in total. The van der Waals surface area contributed by atoms with E-state index in [1.54, 1.807) is 0 Å². The van der Waals surface area contributed by atoms with Crippen LogP contribution in [0.4, 0.5) is 5.82 Å². The molecule has 0 radical (unpaired) electrons. The molecule has 0 aliphatic rings. The number of aromatic nitrogens is 1. The number of hydrogen-bond acceptors (Lipinski definition) is 3. The first-order valence-corrected chi connectivity index (χ1v) is 8.05. The molecule has 0 unspecified atom stereocenters. The number of hydrogen-bond donors (Lipinski definition) is 1. The van der Waals surface area contributed by atoms with Crippen LogP contribution in [0.1, 0.15) is 53.0 Å². The highest BCUT2D eigenvalue weighted by atomic mass is 15.2. The van der Waals surface area contributed by atoms with E-state index < -0.39 is 0 Å². The largest absolute Gasteiger partial charge is 0.353 e. The molecule has 0 spiro atoms. The molecule has 0 aliphatic heterocycles. The van der Waals surface area contributed by atoms with Gasteiger partial charge in [-0.15, -0.1) is 0 Å². The summed E-state index contributed by atoms with van der Waals surface area (Å²) < 4.78 is 0. The van der Waals surface area contributed by atoms with Crippen molar-refractivity contribution in [2.45, 2.75) is 60.0 Å². The van der Waals surface area contributed by atoms with Gasteiger partial charge in [-0.2, -0.15) is 0 Å². The van der Waals surface area contributed by atoms with Gasteiger partial charge in [-0.25, -0.2) is 4.98 Å². The van der Waals surface area contributed by atoms with Crippen molar-refractivity contribution < 1.29 is 0 Å². The average Bonchev–Trinajstić information content (AvgIpc) is 2.45. The minimum atomic E-state index is 0.577. The molecule has 0 amide bonds. The molecule has 3 nitrogen and oxygen atoms in total. The van der Waals surface area contributed by atoms with Crippen LogP contribution in [0.15, 0.2) is 18.3 Å². The van der Waals surface area contributed by atoms with Crippen molar-refractivity contribution >= 4 is 5.82 Å². The van der Waals surface area contributed by atoms with Crippen LogP contribution in [-0.2, 0) is 6.54 Å². The van der Waals surface area contributed by atoms with Gasteiger partial charge in [-0.1, -0.05) is 40.7 Å². The van der Waals surface area contributed by atoms with Gasteiger partial charge in [0.15, 0.2) is 0 Å². The lowest BCUT2D eigenvalue weighted by Crippen LogP contribution is -2.39. The van der Waals surface area contributed by atoms with Crippen molar-refractivity contribution in [3.63, 3.8) is 0 Å². The summed E-state index contributed by atoms with van der Waals surface area (Å²) in [6.45, 7) is 14.2. The first kappa shape index (κ1) is 17.0. The van der Waals surface area contributed by atoms with Gasteiger partial charge in [0.05, 0.1) is 0 Å². The summed E-state index contributed by atoms with van der Waals surface area (Å²) in [5.74, 6) is 1.81. The first-order chi connectivity index (χ1) is 9.63. The molecule has 0 saturated carbocycles. The molecule has 1 aromatic rings. The minimum absolute atomic E-state index is 0.577. The van der Waals surface area contributed by atoms with Crippen LogP contribution in [0, 0.1) is 5.92 Å². The van der Waals surface area contributed by atoms with E-state index >= 15 is 0 Å². The first-order valence-electron chi connectivity index (χ1n) is 8.05. The number of pyridine rings is 1. The lowest BCUT2D eigenvalue weighted by Gasteiger charge is -2.34. The average molecular weight is 277 g/mol. The third-order valence-corrected chi connectivity index (χ3v) is 3.65. The molecule has 0 aromatic carbocycles. The van der Waals surface area contributed by atoms with Gasteiger partial charge >= 0.3 is 0 Å². The quantitative estimate of drug-likeness (QED) is 0.743. The van der Waals surface area contributed by atoms with E-state index in [1.165, 1.54) is 18.4 Å². The Morgan fingerprint density at radius 2 is 1.90 bits per heavy atom. The standard InChI is InChI=1S/C17H31N3/c1-6-16(7-2)20(13-14(4)5)17-15(12-18-8-3)10-9-11-19-17/h9-11,14,16,18H,6-8,12-13H2,1-5H3. The summed E-state index contributed by atoms with van der Waals surface area (Å²) in [5.41, 5.74) is 1.31. The molecule has 114 valence electrons. The molecule has 0 aliphatic carbocycles. The molecule has 0 bridgehead atoms. The number of anilines is 1. The van der Waals surface area contributed by atoms with Gasteiger partial charge in [0, 0.05) is 30.9 Å². The molecule has 0 atom stereocenters. The Morgan fingerprint density at radius 3 is 2.45 bits per heavy atom. The van der Waals surface area contributed by atoms with Crippen molar-refractivity contribution in [3.8, 4) is 0 Å². The van der Waals surface area contributed by atoms with Crippen LogP contribution in [0.3, 0.4) is 0 Å². The van der Waals surface area contributed by atoms with Gasteiger partial charge in [-0.3, -0.25) is 0 Å². The monoisotopic (exact) mass is 277 g/mol. The fourth-order valence-electron chi connectivity index (χ4n) is 2.62.